The number of aliphatic hydroxyl groups excluding tert-OH is 1. The third-order valence-corrected chi connectivity index (χ3v) is 4.34. The zero-order valence-corrected chi connectivity index (χ0v) is 13.9. The average molecular weight is 346 g/mol. The number of hydrogen-bond acceptors (Lipinski definition) is 5. The van der Waals surface area contributed by atoms with Gasteiger partial charge in [0.15, 0.2) is 11.5 Å². The number of carbonyl (C=O) groups is 2. The summed E-state index contributed by atoms with van der Waals surface area (Å²) in [6, 6.07) is 4.53. The van der Waals surface area contributed by atoms with E-state index < -0.39 is 18.6 Å². The summed E-state index contributed by atoms with van der Waals surface area (Å²) in [6.07, 6.45) is 7.02. The van der Waals surface area contributed by atoms with Crippen molar-refractivity contribution in [1.82, 2.24) is 10.6 Å². The van der Waals surface area contributed by atoms with Crippen LogP contribution in [0.5, 0.6) is 11.5 Å². The van der Waals surface area contributed by atoms with E-state index in [1.54, 1.807) is 24.3 Å². The Kier molecular flexibility index (Phi) is 5.55. The molecule has 1 saturated carbocycles. The normalized spacial score (nSPS) is 17.6. The van der Waals surface area contributed by atoms with Gasteiger partial charge in [0, 0.05) is 12.1 Å². The first kappa shape index (κ1) is 17.3. The molecule has 1 aliphatic carbocycles. The molecule has 0 radical (unpaired) electrons. The summed E-state index contributed by atoms with van der Waals surface area (Å²) in [5, 5.41) is 14.8. The van der Waals surface area contributed by atoms with E-state index >= 15 is 0 Å². The first-order chi connectivity index (χ1) is 12.2. The van der Waals surface area contributed by atoms with Gasteiger partial charge in [-0.3, -0.25) is 9.59 Å². The van der Waals surface area contributed by atoms with Crippen molar-refractivity contribution in [2.24, 2.45) is 0 Å². The monoisotopic (exact) mass is 346 g/mol. The van der Waals surface area contributed by atoms with Crippen LogP contribution in [0.15, 0.2) is 24.3 Å². The van der Waals surface area contributed by atoms with Crippen molar-refractivity contribution in [3.05, 3.63) is 29.8 Å². The molecule has 1 unspecified atom stereocenters. The van der Waals surface area contributed by atoms with Gasteiger partial charge in [0.2, 0.25) is 18.6 Å². The highest BCUT2D eigenvalue weighted by Gasteiger charge is 2.23. The number of fused-ring (bicyclic) bond motifs is 1. The highest BCUT2D eigenvalue weighted by atomic mass is 16.7. The minimum Gasteiger partial charge on any atom is -0.454 e. The van der Waals surface area contributed by atoms with Gasteiger partial charge in [-0.2, -0.15) is 0 Å². The highest BCUT2D eigenvalue weighted by Crippen LogP contribution is 2.32. The van der Waals surface area contributed by atoms with Crippen molar-refractivity contribution < 1.29 is 24.2 Å². The zero-order chi connectivity index (χ0) is 17.6. The Morgan fingerprint density at radius 2 is 2.00 bits per heavy atom. The van der Waals surface area contributed by atoms with E-state index in [1.807, 2.05) is 0 Å². The first-order valence-electron chi connectivity index (χ1n) is 8.45. The molecule has 134 valence electrons. The molecule has 7 nitrogen and oxygen atoms in total. The molecule has 3 rings (SSSR count). The summed E-state index contributed by atoms with van der Waals surface area (Å²) in [7, 11) is 0. The van der Waals surface area contributed by atoms with Crippen LogP contribution in [0.1, 0.15) is 31.2 Å². The number of rotatable bonds is 6. The van der Waals surface area contributed by atoms with Crippen molar-refractivity contribution >= 4 is 17.9 Å². The molecule has 3 N–H and O–H groups in total. The molecule has 2 amide bonds. The second-order valence-corrected chi connectivity index (χ2v) is 6.18. The standard InChI is InChI=1S/C18H22N2O5/c21-10-14(18(23)19-13-3-1-2-4-13)20-17(22)8-6-12-5-7-15-16(9-12)25-11-24-15/h5-9,13-14,21H,1-4,10-11H2,(H,19,23)(H,20,22). The van der Waals surface area contributed by atoms with Gasteiger partial charge in [-0.1, -0.05) is 18.9 Å². The maximum absolute atomic E-state index is 12.1. The zero-order valence-electron chi connectivity index (χ0n) is 13.9. The number of aliphatic hydroxyl groups is 1. The topological polar surface area (TPSA) is 96.9 Å². The molecule has 0 saturated heterocycles. The lowest BCUT2D eigenvalue weighted by atomic mass is 10.2. The lowest BCUT2D eigenvalue weighted by molar-refractivity contribution is -0.128. The predicted octanol–water partition coefficient (Wildman–Crippen LogP) is 0.964. The molecule has 7 heteroatoms. The van der Waals surface area contributed by atoms with Crippen molar-refractivity contribution in [3.8, 4) is 11.5 Å². The van der Waals surface area contributed by atoms with Gasteiger partial charge in [0.25, 0.3) is 0 Å². The summed E-state index contributed by atoms with van der Waals surface area (Å²) in [4.78, 5) is 24.1. The van der Waals surface area contributed by atoms with Crippen LogP contribution in [0.4, 0.5) is 0 Å². The molecule has 25 heavy (non-hydrogen) atoms. The third kappa shape index (κ3) is 4.51. The summed E-state index contributed by atoms with van der Waals surface area (Å²) >= 11 is 0. The summed E-state index contributed by atoms with van der Waals surface area (Å²) in [5.41, 5.74) is 0.773. The van der Waals surface area contributed by atoms with Gasteiger partial charge in [-0.25, -0.2) is 0 Å². The molecular weight excluding hydrogens is 324 g/mol. The van der Waals surface area contributed by atoms with Crippen LogP contribution < -0.4 is 20.1 Å². The molecule has 1 fully saturated rings. The van der Waals surface area contributed by atoms with Gasteiger partial charge < -0.3 is 25.2 Å². The Hall–Kier alpha value is -2.54. The van der Waals surface area contributed by atoms with Gasteiger partial charge in [-0.15, -0.1) is 0 Å². The minimum absolute atomic E-state index is 0.141. The molecule has 1 aromatic rings. The van der Waals surface area contributed by atoms with Gasteiger partial charge in [-0.05, 0) is 36.6 Å². The Balaban J connectivity index is 1.53. The molecule has 1 aromatic carbocycles. The molecule has 1 aliphatic heterocycles. The van der Waals surface area contributed by atoms with Crippen LogP contribution in [0, 0.1) is 0 Å². The molecule has 2 aliphatic rings. The van der Waals surface area contributed by atoms with Crippen LogP contribution in [-0.2, 0) is 9.59 Å². The van der Waals surface area contributed by atoms with Crippen molar-refractivity contribution in [2.75, 3.05) is 13.4 Å². The lowest BCUT2D eigenvalue weighted by Crippen LogP contribution is -2.50. The van der Waals surface area contributed by atoms with Gasteiger partial charge in [0.05, 0.1) is 6.61 Å². The Bertz CT molecular complexity index is 667. The third-order valence-electron chi connectivity index (χ3n) is 4.34. The van der Waals surface area contributed by atoms with Crippen LogP contribution >= 0.6 is 0 Å². The fourth-order valence-corrected chi connectivity index (χ4v) is 2.97. The number of nitrogens with one attached hydrogen (secondary N) is 2. The maximum Gasteiger partial charge on any atom is 0.245 e. The number of benzene rings is 1. The van der Waals surface area contributed by atoms with Crippen LogP contribution in [0.2, 0.25) is 0 Å². The Morgan fingerprint density at radius 3 is 2.76 bits per heavy atom. The summed E-state index contributed by atoms with van der Waals surface area (Å²) < 4.78 is 10.5. The van der Waals surface area contributed by atoms with E-state index in [4.69, 9.17) is 9.47 Å². The number of amides is 2. The first-order valence-corrected chi connectivity index (χ1v) is 8.45. The van der Waals surface area contributed by atoms with E-state index in [0.29, 0.717) is 11.5 Å². The molecule has 0 bridgehead atoms. The maximum atomic E-state index is 12.1. The molecule has 1 atom stereocenters. The molecule has 1 heterocycles. The van der Waals surface area contributed by atoms with Crippen LogP contribution in [0.3, 0.4) is 0 Å². The fraction of sp³-hybridized carbons (Fsp3) is 0.444. The predicted molar refractivity (Wildman–Crippen MR) is 91.0 cm³/mol. The number of carbonyl (C=O) groups excluding carboxylic acids is 2. The second kappa shape index (κ2) is 8.02. The van der Waals surface area contributed by atoms with E-state index in [9.17, 15) is 14.7 Å². The van der Waals surface area contributed by atoms with Gasteiger partial charge in [0.1, 0.15) is 6.04 Å². The summed E-state index contributed by atoms with van der Waals surface area (Å²) in [5.74, 6) is 0.509. The fourth-order valence-electron chi connectivity index (χ4n) is 2.97. The number of ether oxygens (including phenoxy) is 2. The minimum atomic E-state index is -0.950. The largest absolute Gasteiger partial charge is 0.454 e. The quantitative estimate of drug-likeness (QED) is 0.667. The van der Waals surface area contributed by atoms with Gasteiger partial charge >= 0.3 is 0 Å². The van der Waals surface area contributed by atoms with E-state index in [-0.39, 0.29) is 18.7 Å². The van der Waals surface area contributed by atoms with Crippen molar-refractivity contribution in [3.63, 3.8) is 0 Å². The lowest BCUT2D eigenvalue weighted by Gasteiger charge is -2.18. The molecule has 0 spiro atoms. The van der Waals surface area contributed by atoms with E-state index in [1.165, 1.54) is 6.08 Å². The number of hydrogen-bond donors (Lipinski definition) is 3. The summed E-state index contributed by atoms with van der Waals surface area (Å²) in [6.45, 7) is -0.251. The van der Waals surface area contributed by atoms with Crippen LogP contribution in [0.25, 0.3) is 6.08 Å². The van der Waals surface area contributed by atoms with E-state index in [0.717, 1.165) is 31.2 Å². The van der Waals surface area contributed by atoms with Crippen LogP contribution in [-0.4, -0.2) is 42.4 Å². The highest BCUT2D eigenvalue weighted by molar-refractivity contribution is 5.95. The molecular formula is C18H22N2O5. The smallest absolute Gasteiger partial charge is 0.245 e. The van der Waals surface area contributed by atoms with E-state index in [2.05, 4.69) is 10.6 Å². The average Bonchev–Trinajstić information content (AvgIpc) is 3.28. The second-order valence-electron chi connectivity index (χ2n) is 6.18. The van der Waals surface area contributed by atoms with Crippen molar-refractivity contribution in [1.29, 1.82) is 0 Å². The Morgan fingerprint density at radius 1 is 1.24 bits per heavy atom. The SMILES string of the molecule is O=C(C=Cc1ccc2c(c1)OCO2)NC(CO)C(=O)NC1CCCC1. The molecule has 0 aromatic heterocycles. The Labute approximate surface area is 146 Å². The van der Waals surface area contributed by atoms with Crippen molar-refractivity contribution in [2.45, 2.75) is 37.8 Å².